The number of Topliss-reactive ketones (excluding diaryl/α,β-unsaturated/α-hetero) is 1. The number of carbonyl (C=O) groups is 2. The largest absolute Gasteiger partial charge is 0.490 e. The van der Waals surface area contributed by atoms with Gasteiger partial charge in [0.15, 0.2) is 17.6 Å². The molecule has 5 heteroatoms. The first kappa shape index (κ1) is 19.9. The lowest BCUT2D eigenvalue weighted by atomic mass is 10.0. The summed E-state index contributed by atoms with van der Waals surface area (Å²) in [7, 11) is 0. The second kappa shape index (κ2) is 8.91. The van der Waals surface area contributed by atoms with E-state index in [0.29, 0.717) is 35.8 Å². The molecule has 0 bridgehead atoms. The van der Waals surface area contributed by atoms with Gasteiger partial charge in [-0.05, 0) is 75.4 Å². The Morgan fingerprint density at radius 2 is 1.57 bits per heavy atom. The van der Waals surface area contributed by atoms with Crippen LogP contribution in [0.5, 0.6) is 11.5 Å². The molecule has 0 heterocycles. The van der Waals surface area contributed by atoms with E-state index in [1.807, 2.05) is 32.0 Å². The van der Waals surface area contributed by atoms with E-state index in [4.69, 9.17) is 14.2 Å². The Morgan fingerprint density at radius 1 is 0.893 bits per heavy atom. The molecule has 1 aliphatic rings. The minimum Gasteiger partial charge on any atom is -0.490 e. The molecular formula is C23H26O5. The number of ether oxygens (including phenoxy) is 3. The van der Waals surface area contributed by atoms with Gasteiger partial charge in [-0.1, -0.05) is 12.1 Å². The summed E-state index contributed by atoms with van der Waals surface area (Å²) < 4.78 is 16.5. The summed E-state index contributed by atoms with van der Waals surface area (Å²) in [6.07, 6.45) is 2.32. The van der Waals surface area contributed by atoms with Crippen molar-refractivity contribution < 1.29 is 23.8 Å². The van der Waals surface area contributed by atoms with Crippen LogP contribution in [-0.2, 0) is 17.6 Å². The standard InChI is InChI=1S/C23H26O5/c1-4-26-20-12-11-19(14-21(20)27-5-2)23(25)28-15(3)22(24)18-10-9-16-7-6-8-17(16)13-18/h9-15H,4-8H2,1-3H3/t15-/m0/s1. The van der Waals surface area contributed by atoms with E-state index in [0.717, 1.165) is 19.3 Å². The zero-order valence-electron chi connectivity index (χ0n) is 16.6. The first-order valence-electron chi connectivity index (χ1n) is 9.80. The van der Waals surface area contributed by atoms with Crippen LogP contribution in [-0.4, -0.2) is 31.1 Å². The van der Waals surface area contributed by atoms with Crippen LogP contribution in [0.1, 0.15) is 59.0 Å². The average molecular weight is 382 g/mol. The van der Waals surface area contributed by atoms with Gasteiger partial charge in [0.05, 0.1) is 18.8 Å². The lowest BCUT2D eigenvalue weighted by molar-refractivity contribution is 0.0318. The number of hydrogen-bond acceptors (Lipinski definition) is 5. The molecule has 0 saturated heterocycles. The topological polar surface area (TPSA) is 61.8 Å². The van der Waals surface area contributed by atoms with Gasteiger partial charge in [-0.3, -0.25) is 4.79 Å². The fraction of sp³-hybridized carbons (Fsp3) is 0.391. The minimum absolute atomic E-state index is 0.195. The SMILES string of the molecule is CCOc1ccc(C(=O)O[C@@H](C)C(=O)c2ccc3c(c2)CCC3)cc1OCC. The van der Waals surface area contributed by atoms with Crippen molar-refractivity contribution in [3.8, 4) is 11.5 Å². The molecule has 0 radical (unpaired) electrons. The van der Waals surface area contributed by atoms with Crippen LogP contribution in [0.25, 0.3) is 0 Å². The zero-order chi connectivity index (χ0) is 20.1. The highest BCUT2D eigenvalue weighted by Gasteiger charge is 2.23. The maximum Gasteiger partial charge on any atom is 0.338 e. The van der Waals surface area contributed by atoms with Crippen molar-refractivity contribution in [1.29, 1.82) is 0 Å². The molecule has 0 spiro atoms. The fourth-order valence-electron chi connectivity index (χ4n) is 3.42. The van der Waals surface area contributed by atoms with Gasteiger partial charge < -0.3 is 14.2 Å². The predicted molar refractivity (Wildman–Crippen MR) is 106 cm³/mol. The monoisotopic (exact) mass is 382 g/mol. The summed E-state index contributed by atoms with van der Waals surface area (Å²) in [5.74, 6) is 0.296. The molecule has 148 valence electrons. The van der Waals surface area contributed by atoms with Gasteiger partial charge in [-0.15, -0.1) is 0 Å². The highest BCUT2D eigenvalue weighted by atomic mass is 16.5. The van der Waals surface area contributed by atoms with Gasteiger partial charge in [-0.25, -0.2) is 4.79 Å². The van der Waals surface area contributed by atoms with Crippen LogP contribution in [0.4, 0.5) is 0 Å². The van der Waals surface area contributed by atoms with E-state index in [-0.39, 0.29) is 5.78 Å². The van der Waals surface area contributed by atoms with Crippen molar-refractivity contribution in [2.45, 2.75) is 46.1 Å². The Kier molecular flexibility index (Phi) is 6.34. The molecule has 28 heavy (non-hydrogen) atoms. The Labute approximate surface area is 165 Å². The molecule has 2 aromatic rings. The van der Waals surface area contributed by atoms with Crippen LogP contribution >= 0.6 is 0 Å². The number of benzene rings is 2. The quantitative estimate of drug-likeness (QED) is 0.500. The Bertz CT molecular complexity index is 871. The molecule has 0 unspecified atom stereocenters. The number of aryl methyl sites for hydroxylation is 2. The Balaban J connectivity index is 1.71. The maximum absolute atomic E-state index is 12.7. The van der Waals surface area contributed by atoms with Crippen molar-refractivity contribution in [3.05, 3.63) is 58.7 Å². The molecule has 3 rings (SSSR count). The van der Waals surface area contributed by atoms with Gasteiger partial charge >= 0.3 is 5.97 Å². The van der Waals surface area contributed by atoms with Crippen LogP contribution in [0.3, 0.4) is 0 Å². The summed E-state index contributed by atoms with van der Waals surface area (Å²) in [6, 6.07) is 10.6. The summed E-state index contributed by atoms with van der Waals surface area (Å²) >= 11 is 0. The van der Waals surface area contributed by atoms with Crippen LogP contribution in [0.2, 0.25) is 0 Å². The first-order valence-corrected chi connectivity index (χ1v) is 9.80. The summed E-state index contributed by atoms with van der Waals surface area (Å²) in [6.45, 7) is 6.29. The molecule has 1 atom stereocenters. The van der Waals surface area contributed by atoms with E-state index in [2.05, 4.69) is 0 Å². The lowest BCUT2D eigenvalue weighted by Gasteiger charge is -2.15. The Hall–Kier alpha value is -2.82. The molecule has 0 amide bonds. The van der Waals surface area contributed by atoms with E-state index < -0.39 is 12.1 Å². The highest BCUT2D eigenvalue weighted by molar-refractivity contribution is 6.01. The second-order valence-electron chi connectivity index (χ2n) is 6.78. The number of ketones is 1. The van der Waals surface area contributed by atoms with Gasteiger partial charge in [-0.2, -0.15) is 0 Å². The molecule has 0 N–H and O–H groups in total. The number of rotatable bonds is 8. The van der Waals surface area contributed by atoms with Gasteiger partial charge in [0, 0.05) is 5.56 Å². The number of fused-ring (bicyclic) bond motifs is 1. The van der Waals surface area contributed by atoms with Crippen LogP contribution < -0.4 is 9.47 Å². The third kappa shape index (κ3) is 4.35. The molecule has 5 nitrogen and oxygen atoms in total. The Morgan fingerprint density at radius 3 is 2.32 bits per heavy atom. The van der Waals surface area contributed by atoms with Gasteiger partial charge in [0.25, 0.3) is 0 Å². The number of hydrogen-bond donors (Lipinski definition) is 0. The summed E-state index contributed by atoms with van der Waals surface area (Å²) in [5.41, 5.74) is 3.43. The maximum atomic E-state index is 12.7. The highest BCUT2D eigenvalue weighted by Crippen LogP contribution is 2.29. The first-order chi connectivity index (χ1) is 13.5. The molecule has 0 fully saturated rings. The number of esters is 1. The van der Waals surface area contributed by atoms with E-state index in [1.54, 1.807) is 25.1 Å². The molecule has 1 aliphatic carbocycles. The summed E-state index contributed by atoms with van der Waals surface area (Å²) in [5, 5.41) is 0. The van der Waals surface area contributed by atoms with E-state index in [9.17, 15) is 9.59 Å². The minimum atomic E-state index is -0.867. The second-order valence-corrected chi connectivity index (χ2v) is 6.78. The van der Waals surface area contributed by atoms with Crippen molar-refractivity contribution in [1.82, 2.24) is 0 Å². The third-order valence-corrected chi connectivity index (χ3v) is 4.82. The van der Waals surface area contributed by atoms with Crippen molar-refractivity contribution in [2.24, 2.45) is 0 Å². The molecule has 0 aromatic heterocycles. The average Bonchev–Trinajstić information content (AvgIpc) is 3.16. The van der Waals surface area contributed by atoms with Crippen molar-refractivity contribution in [2.75, 3.05) is 13.2 Å². The van der Waals surface area contributed by atoms with Gasteiger partial charge in [0.1, 0.15) is 0 Å². The number of carbonyl (C=O) groups excluding carboxylic acids is 2. The lowest BCUT2D eigenvalue weighted by Crippen LogP contribution is -2.24. The smallest absolute Gasteiger partial charge is 0.338 e. The van der Waals surface area contributed by atoms with Crippen molar-refractivity contribution >= 4 is 11.8 Å². The molecular weight excluding hydrogens is 356 g/mol. The van der Waals surface area contributed by atoms with Crippen LogP contribution in [0.15, 0.2) is 36.4 Å². The molecule has 0 aliphatic heterocycles. The van der Waals surface area contributed by atoms with E-state index >= 15 is 0 Å². The van der Waals surface area contributed by atoms with E-state index in [1.165, 1.54) is 11.1 Å². The van der Waals surface area contributed by atoms with Gasteiger partial charge in [0.2, 0.25) is 5.78 Å². The summed E-state index contributed by atoms with van der Waals surface area (Å²) in [4.78, 5) is 25.2. The fourth-order valence-corrected chi connectivity index (χ4v) is 3.42. The van der Waals surface area contributed by atoms with Crippen molar-refractivity contribution in [3.63, 3.8) is 0 Å². The zero-order valence-corrected chi connectivity index (χ0v) is 16.6. The van der Waals surface area contributed by atoms with Crippen LogP contribution in [0, 0.1) is 0 Å². The molecule has 2 aromatic carbocycles. The molecule has 0 saturated carbocycles. The normalized spacial score (nSPS) is 13.5. The third-order valence-electron chi connectivity index (χ3n) is 4.82. The predicted octanol–water partition coefficient (Wildman–Crippen LogP) is 4.40.